The van der Waals surface area contributed by atoms with Gasteiger partial charge in [-0.15, -0.1) is 16.4 Å². The van der Waals surface area contributed by atoms with Crippen LogP contribution in [0.25, 0.3) is 10.9 Å². The summed E-state index contributed by atoms with van der Waals surface area (Å²) in [6.07, 6.45) is -1.31. The van der Waals surface area contributed by atoms with Crippen LogP contribution in [-0.2, 0) is 12.7 Å². The molecule has 0 spiro atoms. The molecule has 0 bridgehead atoms. The molecule has 2 aliphatic rings. The highest BCUT2D eigenvalue weighted by Gasteiger charge is 2.37. The molecule has 3 aromatic heterocycles. The quantitative estimate of drug-likeness (QED) is 0.344. The van der Waals surface area contributed by atoms with Gasteiger partial charge in [0.05, 0.1) is 34.9 Å². The smallest absolute Gasteiger partial charge is 0.353 e. The minimum absolute atomic E-state index is 0.0843. The van der Waals surface area contributed by atoms with Gasteiger partial charge in [0.1, 0.15) is 5.82 Å². The molecule has 202 valence electrons. The number of hydrogen-bond donors (Lipinski definition) is 2. The minimum atomic E-state index is -4.57. The van der Waals surface area contributed by atoms with Crippen LogP contribution < -0.4 is 15.9 Å². The lowest BCUT2D eigenvalue weighted by atomic mass is 10.1. The van der Waals surface area contributed by atoms with E-state index in [1.54, 1.807) is 22.5 Å². The van der Waals surface area contributed by atoms with E-state index in [0.717, 1.165) is 10.3 Å². The number of benzene rings is 1. The second-order valence-electron chi connectivity index (χ2n) is 9.84. The van der Waals surface area contributed by atoms with Gasteiger partial charge in [0, 0.05) is 57.0 Å². The number of anilines is 1. The highest BCUT2D eigenvalue weighted by molar-refractivity contribution is 8.18. The van der Waals surface area contributed by atoms with E-state index >= 15 is 0 Å². The molecule has 14 heteroatoms. The number of alkyl halides is 3. The van der Waals surface area contributed by atoms with Gasteiger partial charge in [-0.2, -0.15) is 29.1 Å². The number of thiophene rings is 1. The maximum atomic E-state index is 14.3. The van der Waals surface area contributed by atoms with Gasteiger partial charge in [0.15, 0.2) is 0 Å². The van der Waals surface area contributed by atoms with Crippen molar-refractivity contribution in [2.75, 3.05) is 23.7 Å². The monoisotopic (exact) mass is 583 g/mol. The molecule has 38 heavy (non-hydrogen) atoms. The van der Waals surface area contributed by atoms with E-state index in [9.17, 15) is 18.0 Å². The molecule has 2 unspecified atom stereocenters. The first-order valence-corrected chi connectivity index (χ1v) is 14.9. The molecule has 1 N–H and O–H groups in total. The summed E-state index contributed by atoms with van der Waals surface area (Å²) in [5.41, 5.74) is -0.734. The van der Waals surface area contributed by atoms with Gasteiger partial charge in [-0.3, -0.25) is 4.57 Å². The Morgan fingerprint density at radius 2 is 1.92 bits per heavy atom. The van der Waals surface area contributed by atoms with Crippen molar-refractivity contribution < 1.29 is 13.2 Å². The van der Waals surface area contributed by atoms with E-state index in [1.165, 1.54) is 22.0 Å². The van der Waals surface area contributed by atoms with Crippen LogP contribution in [0, 0.1) is 0 Å². The fraction of sp³-hybridized carbons (Fsp3) is 0.417. The number of nitrogens with zero attached hydrogens (tertiary/aromatic N) is 6. The Labute approximate surface area is 227 Å². The Kier molecular flexibility index (Phi) is 6.44. The van der Waals surface area contributed by atoms with E-state index in [4.69, 9.17) is 11.6 Å². The van der Waals surface area contributed by atoms with Crippen molar-refractivity contribution in [3.05, 3.63) is 57.0 Å². The number of rotatable bonds is 3. The summed E-state index contributed by atoms with van der Waals surface area (Å²) in [4.78, 5) is 20.4. The zero-order valence-corrected chi connectivity index (χ0v) is 23.0. The molecule has 4 aromatic rings. The predicted octanol–water partition coefficient (Wildman–Crippen LogP) is 4.58. The molecule has 8 nitrogen and oxygen atoms in total. The first-order valence-electron chi connectivity index (χ1n) is 12.1. The van der Waals surface area contributed by atoms with Crippen molar-refractivity contribution in [3.8, 4) is 0 Å². The molecule has 1 aromatic carbocycles. The molecular formula is C24H25ClF3N7OS2. The third-order valence-electron chi connectivity index (χ3n) is 6.93. The van der Waals surface area contributed by atoms with Crippen molar-refractivity contribution in [1.82, 2.24) is 29.9 Å². The summed E-state index contributed by atoms with van der Waals surface area (Å²) >= 11 is 7.70. The second-order valence-corrected chi connectivity index (χ2v) is 13.7. The van der Waals surface area contributed by atoms with Crippen LogP contribution in [-0.4, -0.2) is 55.5 Å². The number of halogens is 4. The zero-order valence-electron chi connectivity index (χ0n) is 20.5. The second kappa shape index (κ2) is 9.54. The van der Waals surface area contributed by atoms with E-state index in [-0.39, 0.29) is 24.7 Å². The first-order chi connectivity index (χ1) is 18.1. The highest BCUT2D eigenvalue weighted by Crippen LogP contribution is 2.55. The lowest BCUT2D eigenvalue weighted by Gasteiger charge is -2.37. The van der Waals surface area contributed by atoms with Crippen LogP contribution in [0.15, 0.2) is 49.9 Å². The van der Waals surface area contributed by atoms with Gasteiger partial charge < -0.3 is 10.2 Å². The van der Waals surface area contributed by atoms with Crippen LogP contribution in [0.4, 0.5) is 19.0 Å². The average molecular weight is 584 g/mol. The van der Waals surface area contributed by atoms with Gasteiger partial charge in [-0.05, 0) is 32.0 Å². The van der Waals surface area contributed by atoms with Crippen molar-refractivity contribution >= 4 is 50.6 Å². The lowest BCUT2D eigenvalue weighted by Crippen LogP contribution is -2.55. The standard InChI is InChI=1S/C24H25ClF3N7OS2/c1-13-8-33(9-14(2)30-13)22-18-5-15(24(26,27)28)6-19-21(18)34(23(36)31-22)10-17(35-4-3-29-32-35)12-38(19)20-7-16(25)11-37-20/h3-7,11,13-14,17,30,38H,8-10,12H2,1-2H3/t13-,14+,17?. The van der Waals surface area contributed by atoms with Crippen LogP contribution in [0.3, 0.4) is 0 Å². The zero-order chi connectivity index (χ0) is 26.8. The largest absolute Gasteiger partial charge is 0.416 e. The summed E-state index contributed by atoms with van der Waals surface area (Å²) in [7, 11) is -1.32. The van der Waals surface area contributed by atoms with Crippen molar-refractivity contribution in [2.45, 2.75) is 53.8 Å². The summed E-state index contributed by atoms with van der Waals surface area (Å²) in [5, 5.41) is 14.2. The van der Waals surface area contributed by atoms with E-state index in [0.29, 0.717) is 45.5 Å². The van der Waals surface area contributed by atoms with Gasteiger partial charge in [0.2, 0.25) is 0 Å². The molecule has 1 saturated heterocycles. The number of piperazine rings is 1. The summed E-state index contributed by atoms with van der Waals surface area (Å²) in [6.45, 7) is 5.29. The third kappa shape index (κ3) is 4.59. The fourth-order valence-electron chi connectivity index (χ4n) is 5.47. The van der Waals surface area contributed by atoms with Crippen LogP contribution >= 0.6 is 33.8 Å². The third-order valence-corrected chi connectivity index (χ3v) is 11.4. The molecule has 2 aliphatic heterocycles. The lowest BCUT2D eigenvalue weighted by molar-refractivity contribution is -0.137. The topological polar surface area (TPSA) is 80.9 Å². The Balaban J connectivity index is 1.66. The Morgan fingerprint density at radius 3 is 2.55 bits per heavy atom. The fourth-order valence-corrected chi connectivity index (χ4v) is 9.94. The molecule has 0 aliphatic carbocycles. The first kappa shape index (κ1) is 25.7. The predicted molar refractivity (Wildman–Crippen MR) is 144 cm³/mol. The van der Waals surface area contributed by atoms with Crippen LogP contribution in [0.5, 0.6) is 0 Å². The van der Waals surface area contributed by atoms with Gasteiger partial charge in [0.25, 0.3) is 0 Å². The molecule has 0 radical (unpaired) electrons. The molecule has 5 heterocycles. The highest BCUT2D eigenvalue weighted by atomic mass is 35.5. The van der Waals surface area contributed by atoms with Crippen LogP contribution in [0.1, 0.15) is 25.5 Å². The molecule has 4 atom stereocenters. The van der Waals surface area contributed by atoms with E-state index < -0.39 is 28.3 Å². The van der Waals surface area contributed by atoms with Gasteiger partial charge in [-0.1, -0.05) is 16.8 Å². The number of aromatic nitrogens is 5. The SMILES string of the molecule is C[C@@H]1CN(c2nc(=O)n3c4c(cc(C(F)(F)F)cc24)[SH](c2cc(Cl)cs2)CC(n2ccnn2)C3)C[C@H](C)N1. The van der Waals surface area contributed by atoms with E-state index in [2.05, 4.69) is 20.6 Å². The molecule has 1 fully saturated rings. The Hall–Kier alpha value is -2.61. The maximum Gasteiger partial charge on any atom is 0.416 e. The minimum Gasteiger partial charge on any atom is -0.353 e. The normalized spacial score (nSPS) is 25.1. The van der Waals surface area contributed by atoms with Crippen molar-refractivity contribution in [3.63, 3.8) is 0 Å². The van der Waals surface area contributed by atoms with Gasteiger partial charge >= 0.3 is 11.9 Å². The Bertz CT molecular complexity index is 1550. The Morgan fingerprint density at radius 1 is 1.16 bits per heavy atom. The van der Waals surface area contributed by atoms with Crippen molar-refractivity contribution in [2.24, 2.45) is 0 Å². The van der Waals surface area contributed by atoms with Crippen LogP contribution in [0.2, 0.25) is 5.02 Å². The number of nitrogens with one attached hydrogen (secondary N) is 1. The summed E-state index contributed by atoms with van der Waals surface area (Å²) in [6, 6.07) is 4.05. The number of hydrogen-bond acceptors (Lipinski definition) is 7. The molecule has 6 rings (SSSR count). The molecule has 0 amide bonds. The molecular weight excluding hydrogens is 559 g/mol. The average Bonchev–Trinajstić information content (AvgIpc) is 3.50. The summed E-state index contributed by atoms with van der Waals surface area (Å²) < 4.78 is 47.0. The molecule has 0 saturated carbocycles. The van der Waals surface area contributed by atoms with Gasteiger partial charge in [-0.25, -0.2) is 9.48 Å². The van der Waals surface area contributed by atoms with E-state index in [1.807, 2.05) is 24.8 Å². The number of thiol groups is 1. The maximum absolute atomic E-state index is 14.3. The summed E-state index contributed by atoms with van der Waals surface area (Å²) in [5.74, 6) is 0.775. The van der Waals surface area contributed by atoms with Crippen molar-refractivity contribution in [1.29, 1.82) is 0 Å².